The van der Waals surface area contributed by atoms with Crippen LogP contribution >= 0.6 is 0 Å². The topological polar surface area (TPSA) is 69.6 Å². The highest BCUT2D eigenvalue weighted by Crippen LogP contribution is 2.19. The first-order valence-electron chi connectivity index (χ1n) is 35.7. The smallest absolute Gasteiger partial charge is 0.220 e. The lowest BCUT2D eigenvalue weighted by Gasteiger charge is -2.20. The Bertz CT molecular complexity index is 1180. The molecule has 0 rings (SSSR count). The summed E-state index contributed by atoms with van der Waals surface area (Å²) < 4.78 is 0. The van der Waals surface area contributed by atoms with Gasteiger partial charge in [-0.2, -0.15) is 0 Å². The first kappa shape index (κ1) is 75.6. The predicted octanol–water partition coefficient (Wildman–Crippen LogP) is 24.3. The number of amides is 1. The van der Waals surface area contributed by atoms with E-state index in [2.05, 4.69) is 43.5 Å². The first-order chi connectivity index (χ1) is 38.2. The van der Waals surface area contributed by atoms with Crippen LogP contribution in [-0.2, 0) is 4.79 Å². The lowest BCUT2D eigenvalue weighted by Crippen LogP contribution is -2.45. The van der Waals surface area contributed by atoms with Gasteiger partial charge in [0, 0.05) is 6.42 Å². The molecule has 0 aromatic rings. The van der Waals surface area contributed by atoms with Crippen molar-refractivity contribution in [1.82, 2.24) is 5.32 Å². The molecule has 456 valence electrons. The Morgan fingerprint density at radius 3 is 0.779 bits per heavy atom. The van der Waals surface area contributed by atoms with Gasteiger partial charge in [-0.25, -0.2) is 0 Å². The van der Waals surface area contributed by atoms with Gasteiger partial charge in [-0.3, -0.25) is 4.79 Å². The van der Waals surface area contributed by atoms with Gasteiger partial charge < -0.3 is 15.5 Å². The fourth-order valence-electron chi connectivity index (χ4n) is 11.5. The van der Waals surface area contributed by atoms with Crippen molar-refractivity contribution in [1.29, 1.82) is 0 Å². The maximum absolute atomic E-state index is 12.5. The largest absolute Gasteiger partial charge is 0.394 e. The average Bonchev–Trinajstić information content (AvgIpc) is 3.43. The van der Waals surface area contributed by atoms with Crippen LogP contribution in [0.25, 0.3) is 0 Å². The van der Waals surface area contributed by atoms with E-state index in [4.69, 9.17) is 0 Å². The summed E-state index contributed by atoms with van der Waals surface area (Å²) in [5.74, 6) is -0.0546. The standard InChI is InChI=1S/C73H141NO3/c1-3-5-7-9-11-13-15-17-19-21-23-25-27-29-30-31-32-33-34-35-36-37-38-39-40-41-42-43-44-45-47-49-51-53-55-57-59-61-63-65-67-69-73(77)74-71(70-75)72(76)68-66-64-62-60-58-56-54-52-50-48-46-28-26-24-22-20-18-16-14-12-10-8-6-4-2/h15,17,21,23,66,68,71-72,75-76H,3-14,16,18-20,22,24-65,67,69-70H2,1-2H3,(H,74,77)/b17-15-,23-21-,68-66+. The van der Waals surface area contributed by atoms with E-state index in [9.17, 15) is 15.0 Å². The summed E-state index contributed by atoms with van der Waals surface area (Å²) in [5.41, 5.74) is 0. The lowest BCUT2D eigenvalue weighted by atomic mass is 10.0. The Kier molecular flexibility index (Phi) is 67.6. The Morgan fingerprint density at radius 1 is 0.312 bits per heavy atom. The van der Waals surface area contributed by atoms with Crippen molar-refractivity contribution >= 4 is 5.91 Å². The van der Waals surface area contributed by atoms with Gasteiger partial charge in [0.05, 0.1) is 18.8 Å². The van der Waals surface area contributed by atoms with E-state index in [1.54, 1.807) is 6.08 Å². The molecule has 0 aromatic heterocycles. The van der Waals surface area contributed by atoms with Gasteiger partial charge in [0.25, 0.3) is 0 Å². The van der Waals surface area contributed by atoms with Crippen LogP contribution in [0.2, 0.25) is 0 Å². The van der Waals surface area contributed by atoms with E-state index in [0.717, 1.165) is 32.1 Å². The van der Waals surface area contributed by atoms with Gasteiger partial charge in [0.1, 0.15) is 0 Å². The molecule has 0 aliphatic heterocycles. The van der Waals surface area contributed by atoms with Crippen molar-refractivity contribution < 1.29 is 15.0 Å². The molecule has 0 spiro atoms. The number of aliphatic hydroxyl groups is 2. The lowest BCUT2D eigenvalue weighted by molar-refractivity contribution is -0.123. The molecule has 0 fully saturated rings. The number of hydrogen-bond donors (Lipinski definition) is 3. The van der Waals surface area contributed by atoms with E-state index >= 15 is 0 Å². The van der Waals surface area contributed by atoms with Crippen LogP contribution in [-0.4, -0.2) is 34.9 Å². The van der Waals surface area contributed by atoms with Crippen LogP contribution in [0.3, 0.4) is 0 Å². The Morgan fingerprint density at radius 2 is 0.532 bits per heavy atom. The molecule has 4 heteroatoms. The third kappa shape index (κ3) is 65.3. The predicted molar refractivity (Wildman–Crippen MR) is 345 cm³/mol. The summed E-state index contributed by atoms with van der Waals surface area (Å²) in [4.78, 5) is 12.5. The molecule has 2 unspecified atom stereocenters. The summed E-state index contributed by atoms with van der Waals surface area (Å²) >= 11 is 0. The van der Waals surface area contributed by atoms with Crippen LogP contribution < -0.4 is 5.32 Å². The molecule has 2 atom stereocenters. The van der Waals surface area contributed by atoms with Gasteiger partial charge in [-0.05, 0) is 51.4 Å². The van der Waals surface area contributed by atoms with E-state index in [1.807, 2.05) is 6.08 Å². The zero-order valence-electron chi connectivity index (χ0n) is 52.8. The average molecular weight is 1080 g/mol. The summed E-state index contributed by atoms with van der Waals surface area (Å²) in [5, 5.41) is 23.3. The molecule has 0 saturated heterocycles. The maximum atomic E-state index is 12.5. The molecule has 77 heavy (non-hydrogen) atoms. The van der Waals surface area contributed by atoms with Crippen LogP contribution in [0.1, 0.15) is 406 Å². The van der Waals surface area contributed by atoms with Crippen molar-refractivity contribution in [3.05, 3.63) is 36.5 Å². The zero-order valence-corrected chi connectivity index (χ0v) is 52.8. The van der Waals surface area contributed by atoms with Crippen molar-refractivity contribution in [3.63, 3.8) is 0 Å². The zero-order chi connectivity index (χ0) is 55.5. The third-order valence-electron chi connectivity index (χ3n) is 16.9. The number of carbonyl (C=O) groups is 1. The number of nitrogens with one attached hydrogen (secondary N) is 1. The van der Waals surface area contributed by atoms with E-state index in [0.29, 0.717) is 6.42 Å². The fraction of sp³-hybridized carbons (Fsp3) is 0.904. The minimum atomic E-state index is -0.838. The normalized spacial score (nSPS) is 12.8. The summed E-state index contributed by atoms with van der Waals surface area (Å²) in [6.45, 7) is 4.34. The molecular formula is C73H141NO3. The number of carbonyl (C=O) groups excluding carboxylic acids is 1. The highest BCUT2D eigenvalue weighted by molar-refractivity contribution is 5.76. The molecule has 0 aliphatic rings. The molecule has 0 aromatic carbocycles. The Labute approximate surface area is 484 Å². The summed E-state index contributed by atoms with van der Waals surface area (Å²) in [7, 11) is 0. The second-order valence-corrected chi connectivity index (χ2v) is 24.7. The van der Waals surface area contributed by atoms with Crippen LogP contribution in [0, 0.1) is 0 Å². The minimum absolute atomic E-state index is 0.0546. The van der Waals surface area contributed by atoms with E-state index in [1.165, 1.54) is 353 Å². The molecule has 1 amide bonds. The molecule has 0 aliphatic carbocycles. The van der Waals surface area contributed by atoms with Crippen molar-refractivity contribution in [2.45, 2.75) is 418 Å². The molecule has 3 N–H and O–H groups in total. The Hall–Kier alpha value is -1.39. The fourth-order valence-corrected chi connectivity index (χ4v) is 11.5. The number of rotatable bonds is 67. The van der Waals surface area contributed by atoms with Crippen molar-refractivity contribution in [3.8, 4) is 0 Å². The van der Waals surface area contributed by atoms with Gasteiger partial charge >= 0.3 is 0 Å². The molecular weight excluding hydrogens is 939 g/mol. The third-order valence-corrected chi connectivity index (χ3v) is 16.9. The maximum Gasteiger partial charge on any atom is 0.220 e. The van der Waals surface area contributed by atoms with Gasteiger partial charge in [0.2, 0.25) is 5.91 Å². The first-order valence-corrected chi connectivity index (χ1v) is 35.7. The van der Waals surface area contributed by atoms with Crippen molar-refractivity contribution in [2.24, 2.45) is 0 Å². The second-order valence-electron chi connectivity index (χ2n) is 24.7. The highest BCUT2D eigenvalue weighted by Gasteiger charge is 2.18. The van der Waals surface area contributed by atoms with Crippen LogP contribution in [0.5, 0.6) is 0 Å². The van der Waals surface area contributed by atoms with Crippen LogP contribution in [0.15, 0.2) is 36.5 Å². The number of aliphatic hydroxyl groups excluding tert-OH is 2. The number of hydrogen-bond acceptors (Lipinski definition) is 3. The Balaban J connectivity index is 3.38. The summed E-state index contributed by atoms with van der Waals surface area (Å²) in [6, 6.07) is -0.621. The monoisotopic (exact) mass is 1080 g/mol. The van der Waals surface area contributed by atoms with E-state index in [-0.39, 0.29) is 12.5 Å². The minimum Gasteiger partial charge on any atom is -0.394 e. The van der Waals surface area contributed by atoms with Gasteiger partial charge in [0.15, 0.2) is 0 Å². The SMILES string of the molecule is CCCCCCC/C=C\C/C=C\CCCCCCCCCCCCCCCCCCCCCCCCCCCCCCCC(=O)NC(CO)C(O)/C=C/CCCCCCCCCCCCCCCCCCCCCCCC. The number of unbranched alkanes of at least 4 members (excludes halogenated alkanes) is 56. The second kappa shape index (κ2) is 68.9. The quantitative estimate of drug-likeness (QED) is 0.0420. The molecule has 0 bridgehead atoms. The number of allylic oxidation sites excluding steroid dienone is 5. The molecule has 0 radical (unpaired) electrons. The summed E-state index contributed by atoms with van der Waals surface area (Å²) in [6.07, 6.45) is 95.3. The molecule has 4 nitrogen and oxygen atoms in total. The highest BCUT2D eigenvalue weighted by atomic mass is 16.3. The van der Waals surface area contributed by atoms with Gasteiger partial charge in [-0.15, -0.1) is 0 Å². The van der Waals surface area contributed by atoms with E-state index < -0.39 is 12.1 Å². The molecule has 0 heterocycles. The molecule has 0 saturated carbocycles. The van der Waals surface area contributed by atoms with Gasteiger partial charge in [-0.1, -0.05) is 384 Å². The van der Waals surface area contributed by atoms with Crippen LogP contribution in [0.4, 0.5) is 0 Å². The van der Waals surface area contributed by atoms with Crippen molar-refractivity contribution in [2.75, 3.05) is 6.61 Å².